The van der Waals surface area contributed by atoms with Gasteiger partial charge in [-0.1, -0.05) is 209 Å². The molecule has 2 unspecified atom stereocenters. The zero-order chi connectivity index (χ0) is 79.1. The number of carbonyl (C=O) groups excluding carboxylic acids is 3. The summed E-state index contributed by atoms with van der Waals surface area (Å²) in [4.78, 5) is 63.6. The van der Waals surface area contributed by atoms with E-state index in [-0.39, 0.29) is 49.6 Å². The SMILES string of the molecule is C.CC(Cc1ccc2cncc(-c3ccc(C#N)c4ccccc34)c2c1)C(=O)O.COC(=O)/C=C/c1ccc2cncc(-c3ccc(C#N)c4ccccc34)c2c1.COC(=O)C(C)Cc1ccc2cncc(-c3ccc(C#N)c4ccccc34)c2c1.COC(=O)CCc1ccc2cncc(-c3ccc(C#N)c4ccccc34)c2c1.[Li+].[OH-]. The van der Waals surface area contributed by atoms with Crippen molar-refractivity contribution < 1.29 is 62.8 Å². The molecule has 2 atom stereocenters. The van der Waals surface area contributed by atoms with Gasteiger partial charge in [0.15, 0.2) is 0 Å². The van der Waals surface area contributed by atoms with Crippen LogP contribution in [0.15, 0.2) is 274 Å². The average Bonchev–Trinajstić information content (AvgIpc) is 0.782. The Hall–Kier alpha value is -14.5. The molecule has 0 amide bonds. The molecule has 16 aromatic rings. The maximum absolute atomic E-state index is 11.8. The van der Waals surface area contributed by atoms with E-state index < -0.39 is 17.9 Å². The maximum Gasteiger partial charge on any atom is 1.00 e. The second kappa shape index (κ2) is 38.6. The summed E-state index contributed by atoms with van der Waals surface area (Å²) in [5, 5.41) is 63.0. The van der Waals surface area contributed by atoms with Crippen molar-refractivity contribution in [2.45, 2.75) is 47.0 Å². The van der Waals surface area contributed by atoms with Gasteiger partial charge in [-0.15, -0.1) is 0 Å². The van der Waals surface area contributed by atoms with E-state index in [2.05, 4.69) is 67.1 Å². The van der Waals surface area contributed by atoms with E-state index >= 15 is 0 Å². The second-order valence-electron chi connectivity index (χ2n) is 27.2. The van der Waals surface area contributed by atoms with Crippen LogP contribution < -0.4 is 18.9 Å². The number of nitrogens with zero attached hydrogens (tertiary/aromatic N) is 8. The number of ether oxygens (including phenoxy) is 3. The summed E-state index contributed by atoms with van der Waals surface area (Å²) in [5.74, 6) is -2.27. The van der Waals surface area contributed by atoms with Crippen molar-refractivity contribution >= 4 is 116 Å². The molecule has 18 heteroatoms. The number of hydrogen-bond donors (Lipinski definition) is 1. The summed E-state index contributed by atoms with van der Waals surface area (Å²) in [6, 6.07) is 80.3. The van der Waals surface area contributed by atoms with Gasteiger partial charge in [0.25, 0.3) is 0 Å². The van der Waals surface area contributed by atoms with Crippen molar-refractivity contribution in [2.75, 3.05) is 21.3 Å². The molecule has 0 aliphatic heterocycles. The number of pyridine rings is 4. The molecule has 4 aromatic heterocycles. The topological polar surface area (TPSA) is 293 Å². The third kappa shape index (κ3) is 18.3. The van der Waals surface area contributed by atoms with Crippen LogP contribution in [0.2, 0.25) is 0 Å². The number of rotatable bonds is 15. The Morgan fingerprint density at radius 3 is 1.03 bits per heavy atom. The van der Waals surface area contributed by atoms with Crippen LogP contribution >= 0.6 is 0 Å². The van der Waals surface area contributed by atoms with Gasteiger partial charge in [0, 0.05) is 127 Å². The number of carbonyl (C=O) groups is 4. The van der Waals surface area contributed by atoms with Gasteiger partial charge in [-0.05, 0) is 143 Å². The first kappa shape index (κ1) is 83.9. The zero-order valence-electron chi connectivity index (χ0n) is 63.9. The Morgan fingerprint density at radius 2 is 0.698 bits per heavy atom. The number of aromatic nitrogens is 4. The summed E-state index contributed by atoms with van der Waals surface area (Å²) in [6.45, 7) is 3.59. The van der Waals surface area contributed by atoms with Crippen molar-refractivity contribution in [1.82, 2.24) is 19.9 Å². The van der Waals surface area contributed by atoms with Crippen LogP contribution in [0.1, 0.15) is 72.2 Å². The number of esters is 3. The minimum absolute atomic E-state index is 0. The average molecular weight is 1520 g/mol. The van der Waals surface area contributed by atoms with Crippen molar-refractivity contribution in [3.8, 4) is 68.8 Å². The first-order valence-electron chi connectivity index (χ1n) is 36.4. The monoisotopic (exact) mass is 1520 g/mol. The summed E-state index contributed by atoms with van der Waals surface area (Å²) in [6.07, 6.45) is 19.9. The van der Waals surface area contributed by atoms with E-state index in [0.29, 0.717) is 47.9 Å². The smallest absolute Gasteiger partial charge is 0.870 e. The number of aliphatic carboxylic acids is 1. The fourth-order valence-corrected chi connectivity index (χ4v) is 14.4. The van der Waals surface area contributed by atoms with Crippen LogP contribution in [0.25, 0.3) is 137 Å². The van der Waals surface area contributed by atoms with E-state index in [1.54, 1.807) is 13.0 Å². The predicted molar refractivity (Wildman–Crippen MR) is 453 cm³/mol. The Morgan fingerprint density at radius 1 is 0.379 bits per heavy atom. The third-order valence-corrected chi connectivity index (χ3v) is 20.2. The quantitative estimate of drug-likeness (QED) is 0.0432. The number of carboxylic acid groups (broad SMARTS) is 1. The summed E-state index contributed by atoms with van der Waals surface area (Å²) >= 11 is 0. The van der Waals surface area contributed by atoms with E-state index in [9.17, 15) is 45.3 Å². The Labute approximate surface area is 683 Å². The van der Waals surface area contributed by atoms with Crippen molar-refractivity contribution in [3.05, 3.63) is 319 Å². The van der Waals surface area contributed by atoms with Gasteiger partial charge < -0.3 is 24.8 Å². The van der Waals surface area contributed by atoms with Crippen LogP contribution in [-0.4, -0.2) is 75.7 Å². The van der Waals surface area contributed by atoms with Gasteiger partial charge >= 0.3 is 42.7 Å². The molecule has 0 fully saturated rings. The van der Waals surface area contributed by atoms with Crippen LogP contribution in [0.4, 0.5) is 0 Å². The predicted octanol–water partition coefficient (Wildman–Crippen LogP) is 18.1. The van der Waals surface area contributed by atoms with Gasteiger partial charge in [-0.3, -0.25) is 34.3 Å². The maximum atomic E-state index is 11.8. The Balaban J connectivity index is 0.000000162. The van der Waals surface area contributed by atoms with Crippen molar-refractivity contribution in [2.24, 2.45) is 11.8 Å². The second-order valence-corrected chi connectivity index (χ2v) is 27.2. The van der Waals surface area contributed by atoms with Crippen molar-refractivity contribution in [1.29, 1.82) is 21.0 Å². The number of fused-ring (bicyclic) bond motifs is 8. The molecule has 0 radical (unpaired) electrons. The summed E-state index contributed by atoms with van der Waals surface area (Å²) < 4.78 is 14.3. The molecule has 0 aliphatic rings. The molecule has 16 rings (SSSR count). The van der Waals surface area contributed by atoms with E-state index in [1.165, 1.54) is 27.4 Å². The zero-order valence-corrected chi connectivity index (χ0v) is 63.9. The molecule has 0 aliphatic carbocycles. The van der Waals surface area contributed by atoms with Crippen LogP contribution in [0.3, 0.4) is 0 Å². The molecule has 0 spiro atoms. The van der Waals surface area contributed by atoms with Crippen molar-refractivity contribution in [3.63, 3.8) is 0 Å². The van der Waals surface area contributed by atoms with Gasteiger partial charge in [0.05, 0.1) is 79.7 Å². The van der Waals surface area contributed by atoms with E-state index in [0.717, 1.165) is 153 Å². The summed E-state index contributed by atoms with van der Waals surface area (Å²) in [5.41, 5.74) is 14.7. The molecule has 116 heavy (non-hydrogen) atoms. The standard InChI is InChI=1S/C25H20N2O2.C24H18N2O2.C24H16N2O2.C24H18N2O2.CH4.Li.H2O/c1-16(25(28)29-2)11-17-7-8-19-14-27-15-24(23(19)12-17)22-10-9-18(13-26)20-5-3-4-6-21(20)22;2*1-28-24(27)11-7-16-6-8-18-14-26-15-23(22(18)12-16)21-10-9-17(13-25)19-4-2-3-5-20(19)21;1-15(24(27)28)10-16-6-7-18-13-26-14-23(22(18)11-16)21-9-8-17(12-25)19-4-2-3-5-20(19)21;;;/h3-10,12,14-16H,11H2,1-2H3;2-6,8-10,12,14-15H,7,11H2,1H3;2-12,14-15H,1H3;2-9,11,13-15H,10H2,1H3,(H,27,28);1H4;;1H2/q;;;;;+1;/p-1/b;;11-7+;;;;. The summed E-state index contributed by atoms with van der Waals surface area (Å²) in [7, 11) is 4.17. The molecule has 0 saturated heterocycles. The van der Waals surface area contributed by atoms with Gasteiger partial charge in [0.2, 0.25) is 0 Å². The number of benzene rings is 12. The van der Waals surface area contributed by atoms with Crippen LogP contribution in [0.5, 0.6) is 0 Å². The van der Waals surface area contributed by atoms with Crippen LogP contribution in [0, 0.1) is 57.2 Å². The normalized spacial score (nSPS) is 11.1. The van der Waals surface area contributed by atoms with E-state index in [1.807, 2.05) is 257 Å². The molecule has 564 valence electrons. The Kier molecular flexibility index (Phi) is 27.9. The third-order valence-electron chi connectivity index (χ3n) is 20.2. The van der Waals surface area contributed by atoms with Gasteiger partial charge in [-0.2, -0.15) is 21.0 Å². The number of nitriles is 4. The molecule has 17 nitrogen and oxygen atoms in total. The fraction of sp³-hybridized carbons (Fsp3) is 0.122. The number of carboxylic acids is 1. The van der Waals surface area contributed by atoms with Crippen LogP contribution in [-0.2, 0) is 52.7 Å². The minimum Gasteiger partial charge on any atom is -0.870 e. The molecule has 12 aromatic carbocycles. The fourth-order valence-electron chi connectivity index (χ4n) is 14.4. The molecule has 0 saturated carbocycles. The van der Waals surface area contributed by atoms with Gasteiger partial charge in [0.1, 0.15) is 0 Å². The number of methoxy groups -OCH3 is 3. The number of hydrogen-bond acceptors (Lipinski definition) is 16. The van der Waals surface area contributed by atoms with E-state index in [4.69, 9.17) is 9.47 Å². The minimum atomic E-state index is -0.798. The number of aryl methyl sites for hydroxylation is 1. The molecule has 4 heterocycles. The van der Waals surface area contributed by atoms with Gasteiger partial charge in [-0.25, -0.2) is 4.79 Å². The molecular formula is C98H77LiN8O9. The molecular weight excluding hydrogens is 1440 g/mol. The Bertz CT molecular complexity index is 6650. The first-order valence-corrected chi connectivity index (χ1v) is 36.4. The molecule has 0 bridgehead atoms. The first-order chi connectivity index (χ1) is 55.1. The largest absolute Gasteiger partial charge is 1.00 e. The molecule has 2 N–H and O–H groups in total.